The first-order valence-corrected chi connectivity index (χ1v) is 9.12. The average Bonchev–Trinajstić information content (AvgIpc) is 2.41. The molecule has 0 heterocycles. The van der Waals surface area contributed by atoms with Gasteiger partial charge in [0.2, 0.25) is 0 Å². The van der Waals surface area contributed by atoms with Gasteiger partial charge in [-0.05, 0) is 36.2 Å². The van der Waals surface area contributed by atoms with Crippen molar-refractivity contribution in [2.75, 3.05) is 13.2 Å². The highest BCUT2D eigenvalue weighted by Crippen LogP contribution is 2.16. The number of rotatable bonds is 8. The molecule has 0 atom stereocenters. The monoisotopic (exact) mass is 286 g/mol. The Hall–Kier alpha value is -0.353. The van der Waals surface area contributed by atoms with E-state index in [0.717, 1.165) is 37.1 Å². The van der Waals surface area contributed by atoms with Crippen LogP contribution in [0, 0.1) is 0 Å². The minimum atomic E-state index is -2.27. The molecule has 0 aliphatic rings. The van der Waals surface area contributed by atoms with Gasteiger partial charge in [-0.3, -0.25) is 0 Å². The molecule has 0 saturated carbocycles. The van der Waals surface area contributed by atoms with E-state index in [1.165, 1.54) is 5.19 Å². The van der Waals surface area contributed by atoms with Crippen molar-refractivity contribution >= 4 is 25.3 Å². The van der Waals surface area contributed by atoms with Crippen molar-refractivity contribution in [3.05, 3.63) is 29.3 Å². The van der Waals surface area contributed by atoms with Crippen LogP contribution in [0.5, 0.6) is 0 Å². The van der Waals surface area contributed by atoms with Crippen LogP contribution >= 0.6 is 11.6 Å². The average molecular weight is 287 g/mol. The molecule has 1 aromatic carbocycles. The fourth-order valence-corrected chi connectivity index (χ4v) is 4.96. The maximum atomic E-state index is 6.13. The van der Waals surface area contributed by atoms with Crippen LogP contribution in [0.15, 0.2) is 24.3 Å². The predicted molar refractivity (Wildman–Crippen MR) is 79.8 cm³/mol. The zero-order chi connectivity index (χ0) is 13.4. The van der Waals surface area contributed by atoms with E-state index in [4.69, 9.17) is 20.5 Å². The summed E-state index contributed by atoms with van der Waals surface area (Å²) in [7, 11) is -2.27. The van der Waals surface area contributed by atoms with Crippen LogP contribution in [0.4, 0.5) is 0 Å². The van der Waals surface area contributed by atoms with Crippen LogP contribution in [-0.4, -0.2) is 21.8 Å². The SMILES string of the molecule is CCCO[Si](CC)(OCCC)c1ccc(Cl)cc1. The van der Waals surface area contributed by atoms with E-state index in [1.54, 1.807) is 0 Å². The van der Waals surface area contributed by atoms with Crippen LogP contribution in [0.2, 0.25) is 11.1 Å². The minimum absolute atomic E-state index is 0.753. The lowest BCUT2D eigenvalue weighted by atomic mass is 10.4. The zero-order valence-electron chi connectivity index (χ0n) is 11.5. The van der Waals surface area contributed by atoms with Crippen LogP contribution in [0.25, 0.3) is 0 Å². The lowest BCUT2D eigenvalue weighted by molar-refractivity contribution is 0.180. The molecule has 1 rings (SSSR count). The molecule has 0 radical (unpaired) electrons. The fourth-order valence-electron chi connectivity index (χ4n) is 1.85. The molecule has 0 unspecified atom stereocenters. The Kier molecular flexibility index (Phi) is 6.93. The third-order valence-corrected chi connectivity index (χ3v) is 6.56. The Labute approximate surface area is 117 Å². The van der Waals surface area contributed by atoms with Crippen molar-refractivity contribution in [2.45, 2.75) is 39.7 Å². The van der Waals surface area contributed by atoms with E-state index < -0.39 is 8.56 Å². The molecule has 4 heteroatoms. The second-order valence-electron chi connectivity index (χ2n) is 4.31. The summed E-state index contributed by atoms with van der Waals surface area (Å²) in [4.78, 5) is 0. The number of halogens is 1. The molecule has 2 nitrogen and oxygen atoms in total. The summed E-state index contributed by atoms with van der Waals surface area (Å²) in [5.41, 5.74) is 0. The van der Waals surface area contributed by atoms with Gasteiger partial charge >= 0.3 is 8.56 Å². The Balaban J connectivity index is 2.95. The van der Waals surface area contributed by atoms with E-state index >= 15 is 0 Å². The highest BCUT2D eigenvalue weighted by atomic mass is 35.5. The zero-order valence-corrected chi connectivity index (χ0v) is 13.3. The molecular formula is C14H23ClO2Si. The molecule has 0 N–H and O–H groups in total. The van der Waals surface area contributed by atoms with Crippen molar-refractivity contribution in [1.82, 2.24) is 0 Å². The molecule has 0 aliphatic carbocycles. The summed E-state index contributed by atoms with van der Waals surface area (Å²) in [6.07, 6.45) is 2.02. The lowest BCUT2D eigenvalue weighted by Crippen LogP contribution is -2.53. The lowest BCUT2D eigenvalue weighted by Gasteiger charge is -2.30. The van der Waals surface area contributed by atoms with Gasteiger partial charge in [-0.2, -0.15) is 0 Å². The van der Waals surface area contributed by atoms with Gasteiger partial charge in [0.25, 0.3) is 0 Å². The van der Waals surface area contributed by atoms with Crippen LogP contribution < -0.4 is 5.19 Å². The van der Waals surface area contributed by atoms with Crippen molar-refractivity contribution < 1.29 is 8.85 Å². The van der Waals surface area contributed by atoms with E-state index in [2.05, 4.69) is 20.8 Å². The summed E-state index contributed by atoms with van der Waals surface area (Å²) in [6.45, 7) is 7.90. The second kappa shape index (κ2) is 7.95. The fraction of sp³-hybridized carbons (Fsp3) is 0.571. The minimum Gasteiger partial charge on any atom is -0.391 e. The molecular weight excluding hydrogens is 264 g/mol. The van der Waals surface area contributed by atoms with Crippen molar-refractivity contribution in [3.63, 3.8) is 0 Å². The van der Waals surface area contributed by atoms with Gasteiger partial charge in [-0.25, -0.2) is 0 Å². The second-order valence-corrected chi connectivity index (χ2v) is 8.11. The molecule has 0 aromatic heterocycles. The summed E-state index contributed by atoms with van der Waals surface area (Å²) in [6, 6.07) is 8.85. The molecule has 0 spiro atoms. The summed E-state index contributed by atoms with van der Waals surface area (Å²) in [5, 5.41) is 1.93. The van der Waals surface area contributed by atoms with Crippen molar-refractivity contribution in [2.24, 2.45) is 0 Å². The van der Waals surface area contributed by atoms with Gasteiger partial charge in [-0.15, -0.1) is 0 Å². The van der Waals surface area contributed by atoms with Gasteiger partial charge in [0.1, 0.15) is 0 Å². The maximum Gasteiger partial charge on any atom is 0.372 e. The van der Waals surface area contributed by atoms with Gasteiger partial charge in [0.15, 0.2) is 0 Å². The highest BCUT2D eigenvalue weighted by molar-refractivity contribution is 6.81. The number of hydrogen-bond acceptors (Lipinski definition) is 2. The Morgan fingerprint density at radius 3 is 1.83 bits per heavy atom. The number of benzene rings is 1. The van der Waals surface area contributed by atoms with Crippen LogP contribution in [0.1, 0.15) is 33.6 Å². The molecule has 18 heavy (non-hydrogen) atoms. The van der Waals surface area contributed by atoms with Gasteiger partial charge < -0.3 is 8.85 Å². The molecule has 102 valence electrons. The molecule has 0 amide bonds. The summed E-state index contributed by atoms with van der Waals surface area (Å²) in [5.74, 6) is 0. The third-order valence-electron chi connectivity index (χ3n) is 2.83. The van der Waals surface area contributed by atoms with E-state index in [0.29, 0.717) is 0 Å². The normalized spacial score (nSPS) is 11.8. The highest BCUT2D eigenvalue weighted by Gasteiger charge is 2.37. The topological polar surface area (TPSA) is 18.5 Å². The van der Waals surface area contributed by atoms with E-state index in [1.807, 2.05) is 24.3 Å². The van der Waals surface area contributed by atoms with Gasteiger partial charge in [0.05, 0.1) is 0 Å². The molecule has 0 fully saturated rings. The molecule has 0 aliphatic heterocycles. The number of hydrogen-bond donors (Lipinski definition) is 0. The quantitative estimate of drug-likeness (QED) is 0.676. The first-order chi connectivity index (χ1) is 8.68. The van der Waals surface area contributed by atoms with E-state index in [-0.39, 0.29) is 0 Å². The summed E-state index contributed by atoms with van der Waals surface area (Å²) < 4.78 is 12.3. The molecule has 0 bridgehead atoms. The summed E-state index contributed by atoms with van der Waals surface area (Å²) >= 11 is 5.95. The van der Waals surface area contributed by atoms with Crippen LogP contribution in [-0.2, 0) is 8.85 Å². The third kappa shape index (κ3) is 4.09. The van der Waals surface area contributed by atoms with Gasteiger partial charge in [-0.1, -0.05) is 44.5 Å². The van der Waals surface area contributed by atoms with Crippen molar-refractivity contribution in [1.29, 1.82) is 0 Å². The Bertz CT molecular complexity index is 332. The largest absolute Gasteiger partial charge is 0.391 e. The smallest absolute Gasteiger partial charge is 0.372 e. The molecule has 0 saturated heterocycles. The van der Waals surface area contributed by atoms with Crippen LogP contribution in [0.3, 0.4) is 0 Å². The van der Waals surface area contributed by atoms with E-state index in [9.17, 15) is 0 Å². The predicted octanol–water partition coefficient (Wildman–Crippen LogP) is 3.86. The maximum absolute atomic E-state index is 6.13. The molecule has 1 aromatic rings. The van der Waals surface area contributed by atoms with Crippen molar-refractivity contribution in [3.8, 4) is 0 Å². The first-order valence-electron chi connectivity index (χ1n) is 6.72. The standard InChI is InChI=1S/C14H23ClO2Si/c1-4-11-16-18(6-3,17-12-5-2)14-9-7-13(15)8-10-14/h7-10H,4-6,11-12H2,1-3H3. The van der Waals surface area contributed by atoms with Gasteiger partial charge in [0, 0.05) is 18.2 Å². The Morgan fingerprint density at radius 2 is 1.44 bits per heavy atom. The first kappa shape index (κ1) is 15.7. The Morgan fingerprint density at radius 1 is 0.944 bits per heavy atom.